The summed E-state index contributed by atoms with van der Waals surface area (Å²) in [6.45, 7) is 5.77. The van der Waals surface area contributed by atoms with Crippen molar-refractivity contribution in [3.05, 3.63) is 0 Å². The normalized spacial score (nSPS) is 41.5. The molecule has 1 saturated carbocycles. The molecule has 12 heavy (non-hydrogen) atoms. The maximum atomic E-state index is 13.1. The lowest BCUT2D eigenvalue weighted by Crippen LogP contribution is -2.55. The van der Waals surface area contributed by atoms with Crippen LogP contribution in [0.5, 0.6) is 0 Å². The van der Waals surface area contributed by atoms with Gasteiger partial charge in [0, 0.05) is 5.92 Å². The van der Waals surface area contributed by atoms with Crippen molar-refractivity contribution < 1.29 is 14.2 Å². The summed E-state index contributed by atoms with van der Waals surface area (Å²) in [4.78, 5) is 0. The molecule has 1 fully saturated rings. The first kappa shape index (κ1) is 9.93. The molecule has 72 valence electrons. The van der Waals surface area contributed by atoms with Crippen molar-refractivity contribution in [3.8, 4) is 0 Å². The average molecular weight is 176 g/mol. The van der Waals surface area contributed by atoms with E-state index in [0.717, 1.165) is 0 Å². The molecule has 3 unspecified atom stereocenters. The van der Waals surface area contributed by atoms with Gasteiger partial charge in [-0.15, -0.1) is 0 Å². The van der Waals surface area contributed by atoms with E-state index in [4.69, 9.17) is 4.74 Å². The maximum absolute atomic E-state index is 13.1. The predicted molar refractivity (Wildman–Crippen MR) is 44.7 cm³/mol. The summed E-state index contributed by atoms with van der Waals surface area (Å²) in [7, 11) is 0. The van der Waals surface area contributed by atoms with Gasteiger partial charge in [0.1, 0.15) is 5.67 Å². The molecule has 2 nitrogen and oxygen atoms in total. The molecule has 0 aromatic rings. The Morgan fingerprint density at radius 3 is 2.58 bits per heavy atom. The van der Waals surface area contributed by atoms with E-state index in [1.165, 1.54) is 6.92 Å². The SMILES string of the molecule is CC(C)OCC1CC(C)(F)C1O. The molecule has 0 amide bonds. The molecule has 1 rings (SSSR count). The van der Waals surface area contributed by atoms with E-state index < -0.39 is 11.8 Å². The topological polar surface area (TPSA) is 29.5 Å². The number of rotatable bonds is 3. The number of alkyl halides is 1. The van der Waals surface area contributed by atoms with Gasteiger partial charge in [-0.05, 0) is 27.2 Å². The molecule has 0 aromatic heterocycles. The Hall–Kier alpha value is -0.150. The third-order valence-electron chi connectivity index (χ3n) is 2.37. The van der Waals surface area contributed by atoms with Crippen LogP contribution in [0.25, 0.3) is 0 Å². The Morgan fingerprint density at radius 1 is 1.67 bits per heavy atom. The second-order valence-corrected chi connectivity index (χ2v) is 4.07. The van der Waals surface area contributed by atoms with Gasteiger partial charge in [-0.25, -0.2) is 4.39 Å². The van der Waals surface area contributed by atoms with Gasteiger partial charge in [0.15, 0.2) is 0 Å². The smallest absolute Gasteiger partial charge is 0.134 e. The summed E-state index contributed by atoms with van der Waals surface area (Å²) >= 11 is 0. The van der Waals surface area contributed by atoms with Crippen LogP contribution in [0.4, 0.5) is 4.39 Å². The molecule has 0 saturated heterocycles. The first-order chi connectivity index (χ1) is 5.43. The zero-order valence-corrected chi connectivity index (χ0v) is 7.88. The van der Waals surface area contributed by atoms with E-state index >= 15 is 0 Å². The summed E-state index contributed by atoms with van der Waals surface area (Å²) in [5, 5.41) is 9.29. The van der Waals surface area contributed by atoms with E-state index in [1.807, 2.05) is 13.8 Å². The zero-order chi connectivity index (χ0) is 9.35. The third-order valence-corrected chi connectivity index (χ3v) is 2.37. The molecule has 3 atom stereocenters. The lowest BCUT2D eigenvalue weighted by atomic mass is 9.71. The van der Waals surface area contributed by atoms with Crippen LogP contribution < -0.4 is 0 Å². The standard InChI is InChI=1S/C9H17FO2/c1-6(2)12-5-7-4-9(3,10)8(7)11/h6-8,11H,4-5H2,1-3H3. The van der Waals surface area contributed by atoms with Crippen molar-refractivity contribution in [2.45, 2.75) is 45.1 Å². The van der Waals surface area contributed by atoms with Crippen molar-refractivity contribution in [2.75, 3.05) is 6.61 Å². The lowest BCUT2D eigenvalue weighted by Gasteiger charge is -2.44. The highest BCUT2D eigenvalue weighted by atomic mass is 19.1. The highest BCUT2D eigenvalue weighted by Crippen LogP contribution is 2.41. The molecule has 1 aliphatic rings. The highest BCUT2D eigenvalue weighted by molar-refractivity contribution is 5.00. The van der Waals surface area contributed by atoms with Crippen LogP contribution in [0.2, 0.25) is 0 Å². The fourth-order valence-corrected chi connectivity index (χ4v) is 1.54. The van der Waals surface area contributed by atoms with E-state index in [-0.39, 0.29) is 12.0 Å². The van der Waals surface area contributed by atoms with E-state index in [0.29, 0.717) is 13.0 Å². The van der Waals surface area contributed by atoms with Crippen LogP contribution in [0, 0.1) is 5.92 Å². The molecule has 3 heteroatoms. The van der Waals surface area contributed by atoms with Crippen molar-refractivity contribution >= 4 is 0 Å². The quantitative estimate of drug-likeness (QED) is 0.706. The summed E-state index contributed by atoms with van der Waals surface area (Å²) in [5.41, 5.74) is -1.38. The number of aliphatic hydroxyl groups is 1. The number of hydrogen-bond acceptors (Lipinski definition) is 2. The van der Waals surface area contributed by atoms with Crippen LogP contribution in [0.15, 0.2) is 0 Å². The van der Waals surface area contributed by atoms with Gasteiger partial charge in [0.25, 0.3) is 0 Å². The third kappa shape index (κ3) is 1.96. The van der Waals surface area contributed by atoms with Crippen molar-refractivity contribution in [2.24, 2.45) is 5.92 Å². The fourth-order valence-electron chi connectivity index (χ4n) is 1.54. The van der Waals surface area contributed by atoms with Crippen LogP contribution in [-0.2, 0) is 4.74 Å². The largest absolute Gasteiger partial charge is 0.389 e. The Balaban J connectivity index is 2.22. The Bertz CT molecular complexity index is 157. The Kier molecular flexibility index (Phi) is 2.74. The molecule has 0 aliphatic heterocycles. The number of ether oxygens (including phenoxy) is 1. The Morgan fingerprint density at radius 2 is 2.25 bits per heavy atom. The molecule has 0 spiro atoms. The summed E-state index contributed by atoms with van der Waals surface area (Å²) in [6.07, 6.45) is -0.263. The molecule has 1 aliphatic carbocycles. The predicted octanol–water partition coefficient (Wildman–Crippen LogP) is 1.52. The number of aliphatic hydroxyl groups excluding tert-OH is 1. The average Bonchev–Trinajstić information content (AvgIpc) is 1.97. The molecular weight excluding hydrogens is 159 g/mol. The van der Waals surface area contributed by atoms with Crippen LogP contribution in [-0.4, -0.2) is 29.6 Å². The van der Waals surface area contributed by atoms with E-state index in [9.17, 15) is 9.50 Å². The van der Waals surface area contributed by atoms with Crippen LogP contribution in [0.3, 0.4) is 0 Å². The van der Waals surface area contributed by atoms with Gasteiger partial charge in [0.05, 0.1) is 18.8 Å². The second-order valence-electron chi connectivity index (χ2n) is 4.07. The van der Waals surface area contributed by atoms with E-state index in [1.54, 1.807) is 0 Å². The number of halogens is 1. The van der Waals surface area contributed by atoms with Gasteiger partial charge in [-0.2, -0.15) is 0 Å². The van der Waals surface area contributed by atoms with Crippen molar-refractivity contribution in [3.63, 3.8) is 0 Å². The summed E-state index contributed by atoms with van der Waals surface area (Å²) in [5.74, 6) is -0.0117. The molecule has 1 N–H and O–H groups in total. The van der Waals surface area contributed by atoms with Gasteiger partial charge >= 0.3 is 0 Å². The lowest BCUT2D eigenvalue weighted by molar-refractivity contribution is -0.151. The molecule has 0 radical (unpaired) electrons. The number of hydrogen-bond donors (Lipinski definition) is 1. The molecule has 0 aromatic carbocycles. The molecular formula is C9H17FO2. The van der Waals surface area contributed by atoms with Crippen molar-refractivity contribution in [1.82, 2.24) is 0 Å². The fraction of sp³-hybridized carbons (Fsp3) is 1.00. The Labute approximate surface area is 72.7 Å². The van der Waals surface area contributed by atoms with Gasteiger partial charge in [-0.3, -0.25) is 0 Å². The molecule has 0 heterocycles. The molecule has 0 bridgehead atoms. The van der Waals surface area contributed by atoms with Gasteiger partial charge in [0.2, 0.25) is 0 Å². The first-order valence-electron chi connectivity index (χ1n) is 4.42. The van der Waals surface area contributed by atoms with E-state index in [2.05, 4.69) is 0 Å². The maximum Gasteiger partial charge on any atom is 0.134 e. The minimum absolute atomic E-state index is 0.0117. The zero-order valence-electron chi connectivity index (χ0n) is 7.88. The van der Waals surface area contributed by atoms with Crippen LogP contribution >= 0.6 is 0 Å². The van der Waals surface area contributed by atoms with Crippen molar-refractivity contribution in [1.29, 1.82) is 0 Å². The van der Waals surface area contributed by atoms with Gasteiger partial charge < -0.3 is 9.84 Å². The summed E-state index contributed by atoms with van der Waals surface area (Å²) in [6, 6.07) is 0. The van der Waals surface area contributed by atoms with Crippen LogP contribution in [0.1, 0.15) is 27.2 Å². The second kappa shape index (κ2) is 3.30. The minimum Gasteiger partial charge on any atom is -0.389 e. The van der Waals surface area contributed by atoms with Gasteiger partial charge in [-0.1, -0.05) is 0 Å². The monoisotopic (exact) mass is 176 g/mol. The summed E-state index contributed by atoms with van der Waals surface area (Å²) < 4.78 is 18.4. The highest BCUT2D eigenvalue weighted by Gasteiger charge is 2.50. The minimum atomic E-state index is -1.38. The first-order valence-corrected chi connectivity index (χ1v) is 4.42.